The molecule has 7 heteroatoms. The molecule has 21 heavy (non-hydrogen) atoms. The van der Waals surface area contributed by atoms with Gasteiger partial charge in [0.25, 0.3) is 5.91 Å². The minimum absolute atomic E-state index is 0.0822. The Labute approximate surface area is 126 Å². The van der Waals surface area contributed by atoms with Crippen molar-refractivity contribution in [3.63, 3.8) is 0 Å². The third-order valence-electron chi connectivity index (χ3n) is 2.99. The number of benzene rings is 1. The molecule has 0 saturated carbocycles. The zero-order valence-electron chi connectivity index (χ0n) is 12.9. The summed E-state index contributed by atoms with van der Waals surface area (Å²) in [4.78, 5) is 12.2. The molecule has 1 aromatic carbocycles. The lowest BCUT2D eigenvalue weighted by molar-refractivity contribution is 0.0957. The van der Waals surface area contributed by atoms with Crippen molar-refractivity contribution in [2.24, 2.45) is 0 Å². The van der Waals surface area contributed by atoms with Crippen LogP contribution in [-0.4, -0.2) is 51.6 Å². The Balaban J connectivity index is 2.74. The van der Waals surface area contributed by atoms with Gasteiger partial charge in [-0.15, -0.1) is 0 Å². The molecule has 0 radical (unpaired) electrons. The van der Waals surface area contributed by atoms with Crippen molar-refractivity contribution in [2.75, 3.05) is 38.3 Å². The van der Waals surface area contributed by atoms with Gasteiger partial charge in [-0.25, -0.2) is 12.7 Å². The lowest BCUT2D eigenvalue weighted by Gasteiger charge is -2.14. The number of anilines is 1. The van der Waals surface area contributed by atoms with Crippen LogP contribution >= 0.6 is 0 Å². The Morgan fingerprint density at radius 3 is 2.52 bits per heavy atom. The molecule has 0 heterocycles. The Morgan fingerprint density at radius 1 is 1.29 bits per heavy atom. The summed E-state index contributed by atoms with van der Waals surface area (Å²) in [5.74, 6) is -0.391. The number of rotatable bonds is 7. The highest BCUT2D eigenvalue weighted by molar-refractivity contribution is 7.89. The van der Waals surface area contributed by atoms with E-state index in [1.54, 1.807) is 6.07 Å². The summed E-state index contributed by atoms with van der Waals surface area (Å²) in [7, 11) is -0.355. The van der Waals surface area contributed by atoms with E-state index < -0.39 is 10.0 Å². The van der Waals surface area contributed by atoms with E-state index in [2.05, 4.69) is 10.6 Å². The minimum Gasteiger partial charge on any atom is -0.385 e. The fraction of sp³-hybridized carbons (Fsp3) is 0.500. The van der Waals surface area contributed by atoms with Gasteiger partial charge in [0.15, 0.2) is 0 Å². The fourth-order valence-corrected chi connectivity index (χ4v) is 2.49. The predicted molar refractivity (Wildman–Crippen MR) is 85.1 cm³/mol. The fourth-order valence-electron chi connectivity index (χ4n) is 1.76. The Hall–Kier alpha value is -1.60. The first-order chi connectivity index (χ1) is 9.77. The summed E-state index contributed by atoms with van der Waals surface area (Å²) in [6, 6.07) is 5.56. The highest BCUT2D eigenvalue weighted by Crippen LogP contribution is 2.17. The number of amides is 1. The standard InChI is InChI=1S/C14H23N3O3S/c1-5-15-13-7-6-11(2)10-12(13)14(18)16-8-9-21(19,20)17(3)4/h6-7,10,15H,5,8-9H2,1-4H3,(H,16,18). The molecule has 1 aromatic rings. The van der Waals surface area contributed by atoms with Gasteiger partial charge in [-0.3, -0.25) is 4.79 Å². The molecule has 1 rings (SSSR count). The summed E-state index contributed by atoms with van der Waals surface area (Å²) in [6.45, 7) is 4.64. The van der Waals surface area contributed by atoms with Crippen molar-refractivity contribution in [3.05, 3.63) is 29.3 Å². The third-order valence-corrected chi connectivity index (χ3v) is 4.82. The maximum absolute atomic E-state index is 12.2. The summed E-state index contributed by atoms with van der Waals surface area (Å²) < 4.78 is 24.4. The molecule has 0 spiro atoms. The van der Waals surface area contributed by atoms with E-state index in [0.29, 0.717) is 12.1 Å². The van der Waals surface area contributed by atoms with Gasteiger partial charge in [-0.2, -0.15) is 0 Å². The van der Waals surface area contributed by atoms with Gasteiger partial charge in [-0.1, -0.05) is 11.6 Å². The molecule has 118 valence electrons. The minimum atomic E-state index is -3.30. The second-order valence-corrected chi connectivity index (χ2v) is 7.24. The first-order valence-corrected chi connectivity index (χ1v) is 8.41. The van der Waals surface area contributed by atoms with Crippen molar-refractivity contribution in [1.29, 1.82) is 0 Å². The van der Waals surface area contributed by atoms with Gasteiger partial charge >= 0.3 is 0 Å². The molecule has 6 nitrogen and oxygen atoms in total. The topological polar surface area (TPSA) is 78.5 Å². The van der Waals surface area contributed by atoms with Gasteiger partial charge in [0, 0.05) is 32.9 Å². The van der Waals surface area contributed by atoms with E-state index in [9.17, 15) is 13.2 Å². The van der Waals surface area contributed by atoms with Crippen molar-refractivity contribution in [3.8, 4) is 0 Å². The van der Waals surface area contributed by atoms with Crippen molar-refractivity contribution in [2.45, 2.75) is 13.8 Å². The van der Waals surface area contributed by atoms with Gasteiger partial charge in [0.2, 0.25) is 10.0 Å². The van der Waals surface area contributed by atoms with Crippen LogP contribution in [-0.2, 0) is 10.0 Å². The van der Waals surface area contributed by atoms with Gasteiger partial charge in [0.05, 0.1) is 11.3 Å². The molecule has 0 bridgehead atoms. The number of aryl methyl sites for hydroxylation is 1. The zero-order valence-corrected chi connectivity index (χ0v) is 13.8. The number of hydrogen-bond acceptors (Lipinski definition) is 4. The van der Waals surface area contributed by atoms with Crippen LogP contribution < -0.4 is 10.6 Å². The molecular formula is C14H23N3O3S. The van der Waals surface area contributed by atoms with Crippen LogP contribution in [0.5, 0.6) is 0 Å². The van der Waals surface area contributed by atoms with Crippen LogP contribution in [0.15, 0.2) is 18.2 Å². The van der Waals surface area contributed by atoms with E-state index in [-0.39, 0.29) is 18.2 Å². The van der Waals surface area contributed by atoms with Gasteiger partial charge < -0.3 is 10.6 Å². The van der Waals surface area contributed by atoms with Crippen molar-refractivity contribution in [1.82, 2.24) is 9.62 Å². The Morgan fingerprint density at radius 2 is 1.95 bits per heavy atom. The van der Waals surface area contributed by atoms with Crippen LogP contribution in [0.4, 0.5) is 5.69 Å². The maximum Gasteiger partial charge on any atom is 0.253 e. The highest BCUT2D eigenvalue weighted by atomic mass is 32.2. The van der Waals surface area contributed by atoms with E-state index in [0.717, 1.165) is 15.6 Å². The quantitative estimate of drug-likeness (QED) is 0.788. The molecule has 1 amide bonds. The molecule has 0 unspecified atom stereocenters. The van der Waals surface area contributed by atoms with Crippen LogP contribution in [0.25, 0.3) is 0 Å². The van der Waals surface area contributed by atoms with Crippen LogP contribution in [0.3, 0.4) is 0 Å². The molecule has 2 N–H and O–H groups in total. The number of carbonyl (C=O) groups is 1. The van der Waals surface area contributed by atoms with Gasteiger partial charge in [0.1, 0.15) is 0 Å². The molecule has 0 aliphatic heterocycles. The van der Waals surface area contributed by atoms with Gasteiger partial charge in [-0.05, 0) is 26.0 Å². The normalized spacial score (nSPS) is 11.5. The lowest BCUT2D eigenvalue weighted by atomic mass is 10.1. The number of sulfonamides is 1. The van der Waals surface area contributed by atoms with Crippen molar-refractivity contribution < 1.29 is 13.2 Å². The average Bonchev–Trinajstić information content (AvgIpc) is 2.40. The summed E-state index contributed by atoms with van der Waals surface area (Å²) in [5.41, 5.74) is 2.25. The predicted octanol–water partition coefficient (Wildman–Crippen LogP) is 1.05. The number of nitrogens with zero attached hydrogens (tertiary/aromatic N) is 1. The van der Waals surface area contributed by atoms with E-state index in [1.807, 2.05) is 26.0 Å². The smallest absolute Gasteiger partial charge is 0.253 e. The average molecular weight is 313 g/mol. The number of nitrogens with one attached hydrogen (secondary N) is 2. The molecule has 0 aliphatic carbocycles. The SMILES string of the molecule is CCNc1ccc(C)cc1C(=O)NCCS(=O)(=O)N(C)C. The van der Waals surface area contributed by atoms with E-state index in [4.69, 9.17) is 0 Å². The largest absolute Gasteiger partial charge is 0.385 e. The van der Waals surface area contributed by atoms with E-state index >= 15 is 0 Å². The molecule has 0 aliphatic rings. The second-order valence-electron chi connectivity index (χ2n) is 4.93. The summed E-state index contributed by atoms with van der Waals surface area (Å²) >= 11 is 0. The molecule has 0 aromatic heterocycles. The highest BCUT2D eigenvalue weighted by Gasteiger charge is 2.15. The lowest BCUT2D eigenvalue weighted by Crippen LogP contribution is -2.34. The third kappa shape index (κ3) is 5.02. The van der Waals surface area contributed by atoms with Crippen LogP contribution in [0.2, 0.25) is 0 Å². The number of hydrogen-bond donors (Lipinski definition) is 2. The molecular weight excluding hydrogens is 290 g/mol. The Kier molecular flexibility index (Phi) is 6.17. The van der Waals surface area contributed by atoms with E-state index in [1.165, 1.54) is 14.1 Å². The second kappa shape index (κ2) is 7.42. The maximum atomic E-state index is 12.2. The van der Waals surface area contributed by atoms with Crippen molar-refractivity contribution >= 4 is 21.6 Å². The monoisotopic (exact) mass is 313 g/mol. The first-order valence-electron chi connectivity index (χ1n) is 6.81. The molecule has 0 atom stereocenters. The molecule has 0 fully saturated rings. The number of carbonyl (C=O) groups excluding carboxylic acids is 1. The first kappa shape index (κ1) is 17.5. The molecule has 0 saturated heterocycles. The zero-order chi connectivity index (χ0) is 16.0. The summed E-state index contributed by atoms with van der Waals surface area (Å²) in [6.07, 6.45) is 0. The summed E-state index contributed by atoms with van der Waals surface area (Å²) in [5, 5.41) is 5.77. The Bertz CT molecular complexity index is 597. The van der Waals surface area contributed by atoms with Crippen LogP contribution in [0.1, 0.15) is 22.8 Å². The van der Waals surface area contributed by atoms with Crippen LogP contribution in [0, 0.1) is 6.92 Å².